The first-order valence-corrected chi connectivity index (χ1v) is 3.95. The van der Waals surface area contributed by atoms with E-state index in [0.717, 1.165) is 12.8 Å². The van der Waals surface area contributed by atoms with Crippen LogP contribution in [0.15, 0.2) is 13.2 Å². The molecule has 0 aliphatic rings. The average Bonchev–Trinajstić information content (AvgIpc) is 1.96. The second-order valence-corrected chi connectivity index (χ2v) is 1.64. The fourth-order valence-electron chi connectivity index (χ4n) is 0.418. The summed E-state index contributed by atoms with van der Waals surface area (Å²) in [5.41, 5.74) is 0. The zero-order valence-corrected chi connectivity index (χ0v) is 7.85. The minimum absolute atomic E-state index is 0.102. The van der Waals surface area contributed by atoms with Crippen molar-refractivity contribution in [1.29, 1.82) is 0 Å². The Morgan fingerprint density at radius 2 is 1.60 bits per heavy atom. The second-order valence-electron chi connectivity index (χ2n) is 1.64. The summed E-state index contributed by atoms with van der Waals surface area (Å²) in [6.45, 7) is 13.9. The molecule has 1 N–H and O–H groups in total. The van der Waals surface area contributed by atoms with Gasteiger partial charge in [-0.1, -0.05) is 27.2 Å². The molecule has 0 aromatic rings. The van der Waals surface area contributed by atoms with Crippen molar-refractivity contribution in [2.24, 2.45) is 0 Å². The lowest BCUT2D eigenvalue weighted by atomic mass is 10.2. The van der Waals surface area contributed by atoms with E-state index in [0.29, 0.717) is 0 Å². The second kappa shape index (κ2) is 23.4. The Bertz CT molecular complexity index is 33.7. The van der Waals surface area contributed by atoms with Crippen molar-refractivity contribution in [2.45, 2.75) is 46.6 Å². The molecule has 0 fully saturated rings. The van der Waals surface area contributed by atoms with Crippen molar-refractivity contribution < 1.29 is 5.11 Å². The third-order valence-electron chi connectivity index (χ3n) is 0.706. The minimum Gasteiger partial charge on any atom is -0.393 e. The molecule has 0 heterocycles. The van der Waals surface area contributed by atoms with Crippen LogP contribution in [0.2, 0.25) is 0 Å². The van der Waals surface area contributed by atoms with Gasteiger partial charge in [-0.15, -0.1) is 13.2 Å². The Morgan fingerprint density at radius 3 is 1.60 bits per heavy atom. The van der Waals surface area contributed by atoms with E-state index >= 15 is 0 Å². The zero-order chi connectivity index (χ0) is 8.99. The first-order chi connectivity index (χ1) is 4.77. The zero-order valence-electron chi connectivity index (χ0n) is 7.85. The molecular weight excluding hydrogens is 124 g/mol. The predicted molar refractivity (Wildman–Crippen MR) is 49.2 cm³/mol. The van der Waals surface area contributed by atoms with Crippen molar-refractivity contribution in [1.82, 2.24) is 0 Å². The van der Waals surface area contributed by atoms with Crippen molar-refractivity contribution >= 4 is 0 Å². The molecule has 0 aliphatic carbocycles. The van der Waals surface area contributed by atoms with E-state index < -0.39 is 0 Å². The molecule has 1 heteroatoms. The van der Waals surface area contributed by atoms with Gasteiger partial charge in [-0.3, -0.25) is 0 Å². The maximum Gasteiger partial charge on any atom is 0.0512 e. The number of hydrogen-bond donors (Lipinski definition) is 1. The van der Waals surface area contributed by atoms with Crippen LogP contribution in [0.4, 0.5) is 0 Å². The number of hydrogen-bond acceptors (Lipinski definition) is 1. The monoisotopic (exact) mass is 146 g/mol. The molecule has 0 aromatic carbocycles. The molecule has 10 heavy (non-hydrogen) atoms. The molecule has 0 saturated heterocycles. The number of aliphatic hydroxyl groups excluding tert-OH is 1. The summed E-state index contributed by atoms with van der Waals surface area (Å²) >= 11 is 0. The van der Waals surface area contributed by atoms with E-state index in [1.54, 1.807) is 0 Å². The van der Waals surface area contributed by atoms with Gasteiger partial charge in [0.25, 0.3) is 0 Å². The summed E-state index contributed by atoms with van der Waals surface area (Å²) in [6, 6.07) is 0. The number of rotatable bonds is 2. The quantitative estimate of drug-likeness (QED) is 0.594. The summed E-state index contributed by atoms with van der Waals surface area (Å²) in [6.07, 6.45) is 1.91. The van der Waals surface area contributed by atoms with Gasteiger partial charge in [0, 0.05) is 0 Å². The highest BCUT2D eigenvalue weighted by atomic mass is 16.3. The van der Waals surface area contributed by atoms with E-state index in [1.807, 2.05) is 20.8 Å². The van der Waals surface area contributed by atoms with Crippen LogP contribution in [-0.4, -0.2) is 11.2 Å². The van der Waals surface area contributed by atoms with E-state index in [2.05, 4.69) is 20.1 Å². The highest BCUT2D eigenvalue weighted by Crippen LogP contribution is 1.91. The molecule has 1 nitrogen and oxygen atoms in total. The summed E-state index contributed by atoms with van der Waals surface area (Å²) in [7, 11) is 0. The Kier molecular flexibility index (Phi) is 38.2. The predicted octanol–water partition coefficient (Wildman–Crippen LogP) is 3.00. The van der Waals surface area contributed by atoms with Crippen LogP contribution in [0.1, 0.15) is 40.5 Å². The molecule has 0 bridgehead atoms. The molecule has 0 aliphatic heterocycles. The minimum atomic E-state index is -0.102. The van der Waals surface area contributed by atoms with Gasteiger partial charge >= 0.3 is 0 Å². The van der Waals surface area contributed by atoms with Crippen molar-refractivity contribution in [3.63, 3.8) is 0 Å². The fraction of sp³-hybridized carbons (Fsp3) is 0.778. The van der Waals surface area contributed by atoms with Crippen molar-refractivity contribution in [3.8, 4) is 0 Å². The van der Waals surface area contributed by atoms with Gasteiger partial charge in [0.15, 0.2) is 0 Å². The van der Waals surface area contributed by atoms with Gasteiger partial charge in [-0.25, -0.2) is 0 Å². The molecule has 64 valence electrons. The Morgan fingerprint density at radius 1 is 1.30 bits per heavy atom. The topological polar surface area (TPSA) is 20.2 Å². The maximum absolute atomic E-state index is 8.55. The smallest absolute Gasteiger partial charge is 0.0512 e. The molecule has 0 saturated carbocycles. The molecule has 1 atom stereocenters. The van der Waals surface area contributed by atoms with Crippen LogP contribution in [0.5, 0.6) is 0 Å². The van der Waals surface area contributed by atoms with Crippen LogP contribution in [0.25, 0.3) is 0 Å². The average molecular weight is 146 g/mol. The van der Waals surface area contributed by atoms with Crippen LogP contribution >= 0.6 is 0 Å². The van der Waals surface area contributed by atoms with E-state index in [-0.39, 0.29) is 6.10 Å². The molecule has 1 unspecified atom stereocenters. The maximum atomic E-state index is 8.55. The lowest BCUT2D eigenvalue weighted by molar-refractivity contribution is 0.183. The third-order valence-corrected chi connectivity index (χ3v) is 0.706. The summed E-state index contributed by atoms with van der Waals surface area (Å²) < 4.78 is 0. The first kappa shape index (κ1) is 16.4. The molecule has 0 amide bonds. The van der Waals surface area contributed by atoms with Gasteiger partial charge < -0.3 is 5.11 Å². The van der Waals surface area contributed by atoms with E-state index in [9.17, 15) is 0 Å². The Balaban J connectivity index is -0.000000105. The van der Waals surface area contributed by atoms with Crippen molar-refractivity contribution in [3.05, 3.63) is 13.2 Å². The van der Waals surface area contributed by atoms with Crippen LogP contribution in [0, 0.1) is 0 Å². The summed E-state index contributed by atoms with van der Waals surface area (Å²) in [5, 5.41) is 8.55. The van der Waals surface area contributed by atoms with Gasteiger partial charge in [-0.2, -0.15) is 0 Å². The Labute approximate surface area is 65.8 Å². The molecule has 0 rings (SSSR count). The highest BCUT2D eigenvalue weighted by molar-refractivity contribution is 4.40. The lowest BCUT2D eigenvalue weighted by Crippen LogP contribution is -1.95. The highest BCUT2D eigenvalue weighted by Gasteiger charge is 1.87. The molecule has 0 spiro atoms. The summed E-state index contributed by atoms with van der Waals surface area (Å²) in [4.78, 5) is 0. The largest absolute Gasteiger partial charge is 0.393 e. The Hall–Kier alpha value is -0.300. The van der Waals surface area contributed by atoms with Gasteiger partial charge in [0.1, 0.15) is 0 Å². The van der Waals surface area contributed by atoms with E-state index in [1.165, 1.54) is 0 Å². The standard InChI is InChI=1S/C5H12O.C2H6.C2H4/c1-3-4-5(2)6;2*1-2/h5-6H,3-4H2,1-2H3;1-2H3;1-2H2. The summed E-state index contributed by atoms with van der Waals surface area (Å²) in [5.74, 6) is 0. The van der Waals surface area contributed by atoms with Crippen LogP contribution in [0.3, 0.4) is 0 Å². The van der Waals surface area contributed by atoms with Gasteiger partial charge in [0.2, 0.25) is 0 Å². The fourth-order valence-corrected chi connectivity index (χ4v) is 0.418. The van der Waals surface area contributed by atoms with Gasteiger partial charge in [-0.05, 0) is 13.3 Å². The molecule has 0 aromatic heterocycles. The van der Waals surface area contributed by atoms with Crippen LogP contribution in [-0.2, 0) is 0 Å². The SMILES string of the molecule is C=C.CC.CCCC(C)O. The molecular formula is C9H22O. The third kappa shape index (κ3) is 47.4. The van der Waals surface area contributed by atoms with Crippen molar-refractivity contribution in [2.75, 3.05) is 0 Å². The first-order valence-electron chi connectivity index (χ1n) is 3.95. The molecule has 0 radical (unpaired) electrons. The normalized spacial score (nSPS) is 9.70. The van der Waals surface area contributed by atoms with E-state index in [4.69, 9.17) is 5.11 Å². The van der Waals surface area contributed by atoms with Gasteiger partial charge in [0.05, 0.1) is 6.10 Å². The number of aliphatic hydroxyl groups is 1. The lowest BCUT2D eigenvalue weighted by Gasteiger charge is -1.95. The van der Waals surface area contributed by atoms with Crippen LogP contribution < -0.4 is 0 Å².